The number of hydrogen-bond acceptors (Lipinski definition) is 5. The van der Waals surface area contributed by atoms with Crippen LogP contribution < -0.4 is 16.6 Å². The number of nitrogens with one attached hydrogen (secondary N) is 2. The van der Waals surface area contributed by atoms with E-state index in [4.69, 9.17) is 10.5 Å². The van der Waals surface area contributed by atoms with Gasteiger partial charge in [-0.05, 0) is 26.7 Å². The second kappa shape index (κ2) is 4.37. The number of hydrogen-bond donors (Lipinski definition) is 3. The van der Waals surface area contributed by atoms with E-state index in [1.54, 1.807) is 0 Å². The summed E-state index contributed by atoms with van der Waals surface area (Å²) in [5.74, 6) is 0.455. The normalized spacial score (nSPS) is 23.3. The Hall–Kier alpha value is -1.56. The van der Waals surface area contributed by atoms with Gasteiger partial charge in [-0.15, -0.1) is 0 Å². The molecule has 0 radical (unpaired) electrons. The van der Waals surface area contributed by atoms with Gasteiger partial charge in [0.1, 0.15) is 5.69 Å². The van der Waals surface area contributed by atoms with Gasteiger partial charge < -0.3 is 20.8 Å². The number of nitrogen functional groups attached to an aromatic ring is 1. The Kier molecular flexibility index (Phi) is 3.06. The van der Waals surface area contributed by atoms with Crippen LogP contribution in [-0.4, -0.2) is 28.2 Å². The van der Waals surface area contributed by atoms with Crippen molar-refractivity contribution in [2.24, 2.45) is 0 Å². The molecule has 1 aromatic rings. The molecule has 0 spiro atoms. The molecule has 0 aliphatic carbocycles. The van der Waals surface area contributed by atoms with E-state index in [9.17, 15) is 4.79 Å². The van der Waals surface area contributed by atoms with Crippen molar-refractivity contribution in [1.29, 1.82) is 0 Å². The van der Waals surface area contributed by atoms with Crippen molar-refractivity contribution in [3.63, 3.8) is 0 Å². The van der Waals surface area contributed by atoms with Crippen molar-refractivity contribution < 1.29 is 4.74 Å². The largest absolute Gasteiger partial charge is 0.391 e. The molecule has 2 heterocycles. The van der Waals surface area contributed by atoms with Gasteiger partial charge in [0.2, 0.25) is 0 Å². The molecule has 17 heavy (non-hydrogen) atoms. The molecule has 0 bridgehead atoms. The van der Waals surface area contributed by atoms with Gasteiger partial charge in [0, 0.05) is 12.6 Å². The maximum atomic E-state index is 11.3. The molecule has 1 aliphatic heterocycles. The Labute approximate surface area is 99.6 Å². The fraction of sp³-hybridized carbons (Fsp3) is 0.636. The minimum absolute atomic E-state index is 0.136. The molecular formula is C11H18N4O2. The number of H-pyrrole nitrogens is 1. The summed E-state index contributed by atoms with van der Waals surface area (Å²) in [6.45, 7) is 4.80. The van der Waals surface area contributed by atoms with Gasteiger partial charge in [0.05, 0.1) is 11.9 Å². The highest BCUT2D eigenvalue weighted by molar-refractivity contribution is 5.59. The highest BCUT2D eigenvalue weighted by Gasteiger charge is 2.29. The van der Waals surface area contributed by atoms with Crippen molar-refractivity contribution in [2.45, 2.75) is 38.3 Å². The lowest BCUT2D eigenvalue weighted by molar-refractivity contribution is -0.0553. The first-order valence-electron chi connectivity index (χ1n) is 5.71. The average molecular weight is 238 g/mol. The summed E-state index contributed by atoms with van der Waals surface area (Å²) in [5, 5.41) is 3.21. The van der Waals surface area contributed by atoms with Gasteiger partial charge in [0.15, 0.2) is 5.82 Å². The van der Waals surface area contributed by atoms with Crippen LogP contribution in [-0.2, 0) is 4.74 Å². The molecule has 1 unspecified atom stereocenters. The number of nitrogens with zero attached hydrogens (tertiary/aromatic N) is 1. The monoisotopic (exact) mass is 238 g/mol. The molecule has 0 saturated carbocycles. The van der Waals surface area contributed by atoms with Gasteiger partial charge in [-0.25, -0.2) is 4.98 Å². The molecule has 0 aromatic carbocycles. The predicted molar refractivity (Wildman–Crippen MR) is 65.9 cm³/mol. The molecule has 1 aromatic heterocycles. The van der Waals surface area contributed by atoms with Crippen LogP contribution in [0.25, 0.3) is 0 Å². The summed E-state index contributed by atoms with van der Waals surface area (Å²) in [7, 11) is 0. The summed E-state index contributed by atoms with van der Waals surface area (Å²) in [4.78, 5) is 17.8. The molecule has 1 aliphatic rings. The number of nitrogens with two attached hydrogens (primary N) is 1. The maximum absolute atomic E-state index is 11.3. The zero-order valence-electron chi connectivity index (χ0n) is 10.1. The summed E-state index contributed by atoms with van der Waals surface area (Å²) in [5.41, 5.74) is 5.35. The second-order valence-corrected chi connectivity index (χ2v) is 4.94. The Morgan fingerprint density at radius 3 is 3.12 bits per heavy atom. The van der Waals surface area contributed by atoms with E-state index in [-0.39, 0.29) is 22.9 Å². The number of aromatic amines is 1. The number of aromatic nitrogens is 2. The molecule has 1 atom stereocenters. The Morgan fingerprint density at radius 2 is 2.41 bits per heavy atom. The van der Waals surface area contributed by atoms with Crippen LogP contribution in [0.2, 0.25) is 0 Å². The quantitative estimate of drug-likeness (QED) is 0.706. The minimum Gasteiger partial charge on any atom is -0.391 e. The van der Waals surface area contributed by atoms with E-state index in [0.29, 0.717) is 12.4 Å². The van der Waals surface area contributed by atoms with E-state index < -0.39 is 0 Å². The van der Waals surface area contributed by atoms with Crippen LogP contribution in [0.3, 0.4) is 0 Å². The molecule has 4 N–H and O–H groups in total. The van der Waals surface area contributed by atoms with Gasteiger partial charge in [-0.3, -0.25) is 4.79 Å². The molecule has 1 fully saturated rings. The molecule has 1 saturated heterocycles. The smallest absolute Gasteiger partial charge is 0.276 e. The first kappa shape index (κ1) is 11.9. The molecule has 2 rings (SSSR count). The highest BCUT2D eigenvalue weighted by atomic mass is 16.5. The number of rotatable bonds is 2. The zero-order valence-corrected chi connectivity index (χ0v) is 10.1. The predicted octanol–water partition coefficient (Wildman–Crippen LogP) is 0.722. The molecule has 0 amide bonds. The third-order valence-corrected chi connectivity index (χ3v) is 2.93. The minimum atomic E-state index is -0.311. The van der Waals surface area contributed by atoms with Crippen LogP contribution in [0.15, 0.2) is 11.1 Å². The lowest BCUT2D eigenvalue weighted by Crippen LogP contribution is -2.40. The lowest BCUT2D eigenvalue weighted by Gasteiger charge is -2.36. The van der Waals surface area contributed by atoms with E-state index in [1.165, 1.54) is 6.33 Å². The Balaban J connectivity index is 2.11. The summed E-state index contributed by atoms with van der Waals surface area (Å²) >= 11 is 0. The summed E-state index contributed by atoms with van der Waals surface area (Å²) in [6, 6.07) is 0.232. The lowest BCUT2D eigenvalue weighted by atomic mass is 9.94. The highest BCUT2D eigenvalue weighted by Crippen LogP contribution is 2.26. The topological polar surface area (TPSA) is 93.0 Å². The van der Waals surface area contributed by atoms with Crippen LogP contribution in [0.5, 0.6) is 0 Å². The Bertz CT molecular complexity index is 455. The number of ether oxygens (including phenoxy) is 1. The Morgan fingerprint density at radius 1 is 1.65 bits per heavy atom. The third-order valence-electron chi connectivity index (χ3n) is 2.93. The van der Waals surface area contributed by atoms with Gasteiger partial charge >= 0.3 is 0 Å². The zero-order chi connectivity index (χ0) is 12.5. The van der Waals surface area contributed by atoms with E-state index in [0.717, 1.165) is 12.8 Å². The van der Waals surface area contributed by atoms with Crippen LogP contribution >= 0.6 is 0 Å². The summed E-state index contributed by atoms with van der Waals surface area (Å²) in [6.07, 6.45) is 3.10. The van der Waals surface area contributed by atoms with Crippen LogP contribution in [0.1, 0.15) is 26.7 Å². The standard InChI is InChI=1S/C11H18N4O2/c1-11(2)5-7(3-4-17-11)15-9-8(12)10(16)14-6-13-9/h6-7H,3-5,12H2,1-2H3,(H2,13,14,15,16). The SMILES string of the molecule is CC1(C)CC(Nc2nc[nH]c(=O)c2N)CCO1. The van der Waals surface area contributed by atoms with Gasteiger partial charge in [-0.2, -0.15) is 0 Å². The van der Waals surface area contributed by atoms with Crippen molar-refractivity contribution in [3.8, 4) is 0 Å². The number of anilines is 2. The van der Waals surface area contributed by atoms with Crippen LogP contribution in [0, 0.1) is 0 Å². The van der Waals surface area contributed by atoms with Crippen molar-refractivity contribution >= 4 is 11.5 Å². The van der Waals surface area contributed by atoms with Crippen molar-refractivity contribution in [2.75, 3.05) is 17.7 Å². The van der Waals surface area contributed by atoms with E-state index in [2.05, 4.69) is 29.1 Å². The van der Waals surface area contributed by atoms with Gasteiger partial charge in [0.25, 0.3) is 5.56 Å². The fourth-order valence-electron chi connectivity index (χ4n) is 2.07. The fourth-order valence-corrected chi connectivity index (χ4v) is 2.07. The van der Waals surface area contributed by atoms with Crippen molar-refractivity contribution in [3.05, 3.63) is 16.7 Å². The van der Waals surface area contributed by atoms with Gasteiger partial charge in [-0.1, -0.05) is 0 Å². The maximum Gasteiger partial charge on any atom is 0.276 e. The molecule has 94 valence electrons. The van der Waals surface area contributed by atoms with E-state index >= 15 is 0 Å². The summed E-state index contributed by atoms with van der Waals surface area (Å²) < 4.78 is 5.63. The van der Waals surface area contributed by atoms with Crippen molar-refractivity contribution in [1.82, 2.24) is 9.97 Å². The molecule has 6 heteroatoms. The molecular weight excluding hydrogens is 220 g/mol. The third kappa shape index (κ3) is 2.76. The van der Waals surface area contributed by atoms with E-state index in [1.807, 2.05) is 0 Å². The first-order valence-corrected chi connectivity index (χ1v) is 5.71. The molecule has 6 nitrogen and oxygen atoms in total. The van der Waals surface area contributed by atoms with Crippen LogP contribution in [0.4, 0.5) is 11.5 Å². The average Bonchev–Trinajstić information content (AvgIpc) is 2.23. The second-order valence-electron chi connectivity index (χ2n) is 4.94. The first-order chi connectivity index (χ1) is 7.98.